The Kier molecular flexibility index (Phi) is 6.44. The zero-order valence-electron chi connectivity index (χ0n) is 16.2. The number of benzene rings is 1. The summed E-state index contributed by atoms with van der Waals surface area (Å²) in [6.45, 7) is 8.06. The Hall–Kier alpha value is -2.28. The number of halogens is 3. The maximum absolute atomic E-state index is 12.7. The van der Waals surface area contributed by atoms with Crippen molar-refractivity contribution in [3.8, 4) is 5.75 Å². The summed E-state index contributed by atoms with van der Waals surface area (Å²) in [7, 11) is 0. The Balaban J connectivity index is 1.63. The van der Waals surface area contributed by atoms with Gasteiger partial charge in [-0.15, -0.1) is 0 Å². The monoisotopic (exact) mass is 393 g/mol. The summed E-state index contributed by atoms with van der Waals surface area (Å²) in [4.78, 5) is 8.44. The first kappa shape index (κ1) is 20.5. The van der Waals surface area contributed by atoms with Crippen LogP contribution in [0.1, 0.15) is 31.4 Å². The first-order chi connectivity index (χ1) is 13.3. The van der Waals surface area contributed by atoms with Gasteiger partial charge < -0.3 is 9.64 Å². The first-order valence-electron chi connectivity index (χ1n) is 9.58. The number of hydrogen-bond acceptors (Lipinski definition) is 4. The molecule has 1 aliphatic heterocycles. The average Bonchev–Trinajstić information content (AvgIpc) is 2.88. The molecule has 1 aliphatic rings. The summed E-state index contributed by atoms with van der Waals surface area (Å²) in [5.41, 5.74) is 0.437. The highest BCUT2D eigenvalue weighted by Crippen LogP contribution is 2.29. The molecular weight excluding hydrogens is 367 g/mol. The van der Waals surface area contributed by atoms with Crippen LogP contribution < -0.4 is 9.64 Å². The molecule has 0 spiro atoms. The molecule has 0 N–H and O–H groups in total. The molecule has 2 heterocycles. The molecule has 0 atom stereocenters. The van der Waals surface area contributed by atoms with E-state index in [9.17, 15) is 13.2 Å². The maximum atomic E-state index is 12.7. The van der Waals surface area contributed by atoms with Crippen molar-refractivity contribution < 1.29 is 17.9 Å². The maximum Gasteiger partial charge on any atom is 0.417 e. The number of para-hydroxylation sites is 1. The third kappa shape index (κ3) is 5.38. The average molecular weight is 393 g/mol. The molecule has 0 radical (unpaired) electrons. The predicted molar refractivity (Wildman–Crippen MR) is 104 cm³/mol. The minimum Gasteiger partial charge on any atom is -0.491 e. The van der Waals surface area contributed by atoms with Crippen molar-refractivity contribution >= 4 is 5.82 Å². The largest absolute Gasteiger partial charge is 0.491 e. The standard InChI is InChI=1S/C21H26F3N3O/c1-16(2)28-19-7-4-3-6-17(19)15-26-10-5-11-27(13-12-26)20-9-8-18(14-25-20)21(22,23)24/h3-4,6-9,14,16H,5,10-13,15H2,1-2H3. The molecule has 1 aromatic carbocycles. The minimum atomic E-state index is -4.35. The third-order valence-electron chi connectivity index (χ3n) is 4.72. The molecule has 0 amide bonds. The molecule has 4 nitrogen and oxygen atoms in total. The van der Waals surface area contributed by atoms with Gasteiger partial charge in [-0.1, -0.05) is 18.2 Å². The van der Waals surface area contributed by atoms with Gasteiger partial charge in [-0.05, 0) is 38.5 Å². The Labute approximate surface area is 163 Å². The number of anilines is 1. The number of pyridine rings is 1. The van der Waals surface area contributed by atoms with Crippen molar-refractivity contribution in [1.29, 1.82) is 0 Å². The fourth-order valence-corrected chi connectivity index (χ4v) is 3.34. The van der Waals surface area contributed by atoms with Crippen LogP contribution >= 0.6 is 0 Å². The molecule has 7 heteroatoms. The van der Waals surface area contributed by atoms with Crippen LogP contribution in [0.3, 0.4) is 0 Å². The molecular formula is C21H26F3N3O. The van der Waals surface area contributed by atoms with E-state index >= 15 is 0 Å². The van der Waals surface area contributed by atoms with E-state index in [-0.39, 0.29) is 6.10 Å². The number of hydrogen-bond donors (Lipinski definition) is 0. The number of rotatable bonds is 5. The van der Waals surface area contributed by atoms with Crippen LogP contribution in [0.5, 0.6) is 5.75 Å². The van der Waals surface area contributed by atoms with Crippen LogP contribution in [0.4, 0.5) is 19.0 Å². The summed E-state index contributed by atoms with van der Waals surface area (Å²) < 4.78 is 44.1. The van der Waals surface area contributed by atoms with E-state index in [0.29, 0.717) is 5.82 Å². The predicted octanol–water partition coefficient (Wildman–Crippen LogP) is 4.60. The minimum absolute atomic E-state index is 0.117. The lowest BCUT2D eigenvalue weighted by Gasteiger charge is -2.24. The molecule has 3 rings (SSSR count). The lowest BCUT2D eigenvalue weighted by molar-refractivity contribution is -0.137. The quantitative estimate of drug-likeness (QED) is 0.742. The SMILES string of the molecule is CC(C)Oc1ccccc1CN1CCCN(c2ccc(C(F)(F)F)cn2)CC1. The summed E-state index contributed by atoms with van der Waals surface area (Å²) in [6.07, 6.45) is -2.40. The molecule has 0 bridgehead atoms. The van der Waals surface area contributed by atoms with Gasteiger partial charge in [0.2, 0.25) is 0 Å². The summed E-state index contributed by atoms with van der Waals surface area (Å²) in [5.74, 6) is 1.50. The number of ether oxygens (including phenoxy) is 1. The van der Waals surface area contributed by atoms with Crippen LogP contribution in [0, 0.1) is 0 Å². The first-order valence-corrected chi connectivity index (χ1v) is 9.58. The zero-order valence-corrected chi connectivity index (χ0v) is 16.2. The second-order valence-electron chi connectivity index (χ2n) is 7.29. The van der Waals surface area contributed by atoms with Crippen LogP contribution in [-0.4, -0.2) is 42.2 Å². The number of alkyl halides is 3. The van der Waals surface area contributed by atoms with Crippen LogP contribution in [0.2, 0.25) is 0 Å². The summed E-state index contributed by atoms with van der Waals surface area (Å²) >= 11 is 0. The van der Waals surface area contributed by atoms with Gasteiger partial charge in [0.25, 0.3) is 0 Å². The van der Waals surface area contributed by atoms with E-state index in [1.807, 2.05) is 32.0 Å². The molecule has 0 aliphatic carbocycles. The van der Waals surface area contributed by atoms with Gasteiger partial charge in [0.15, 0.2) is 0 Å². The van der Waals surface area contributed by atoms with E-state index in [2.05, 4.69) is 20.9 Å². The normalized spacial score (nSPS) is 16.3. The number of nitrogens with zero attached hydrogens (tertiary/aromatic N) is 3. The van der Waals surface area contributed by atoms with E-state index in [4.69, 9.17) is 4.74 Å². The number of aromatic nitrogens is 1. The highest BCUT2D eigenvalue weighted by molar-refractivity contribution is 5.40. The molecule has 1 aromatic heterocycles. The highest BCUT2D eigenvalue weighted by Gasteiger charge is 2.31. The van der Waals surface area contributed by atoms with Gasteiger partial charge in [-0.2, -0.15) is 13.2 Å². The molecule has 1 saturated heterocycles. The van der Waals surface area contributed by atoms with Gasteiger partial charge in [-0.25, -0.2) is 4.98 Å². The van der Waals surface area contributed by atoms with Crippen molar-refractivity contribution in [2.24, 2.45) is 0 Å². The van der Waals surface area contributed by atoms with E-state index in [1.165, 1.54) is 6.07 Å². The van der Waals surface area contributed by atoms with E-state index < -0.39 is 11.7 Å². The molecule has 0 unspecified atom stereocenters. The Bertz CT molecular complexity index is 762. The van der Waals surface area contributed by atoms with Crippen molar-refractivity contribution in [2.45, 2.75) is 39.1 Å². The van der Waals surface area contributed by atoms with Crippen molar-refractivity contribution in [2.75, 3.05) is 31.1 Å². The van der Waals surface area contributed by atoms with Gasteiger partial charge in [0.1, 0.15) is 11.6 Å². The Morgan fingerprint density at radius 1 is 1.04 bits per heavy atom. The Morgan fingerprint density at radius 3 is 2.50 bits per heavy atom. The van der Waals surface area contributed by atoms with Crippen LogP contribution in [-0.2, 0) is 12.7 Å². The lowest BCUT2D eigenvalue weighted by atomic mass is 10.2. The Morgan fingerprint density at radius 2 is 1.82 bits per heavy atom. The van der Waals surface area contributed by atoms with Gasteiger partial charge >= 0.3 is 6.18 Å². The summed E-state index contributed by atoms with van der Waals surface area (Å²) in [6, 6.07) is 10.6. The highest BCUT2D eigenvalue weighted by atomic mass is 19.4. The lowest BCUT2D eigenvalue weighted by Crippen LogP contribution is -2.31. The molecule has 28 heavy (non-hydrogen) atoms. The smallest absolute Gasteiger partial charge is 0.417 e. The van der Waals surface area contributed by atoms with Crippen LogP contribution in [0.15, 0.2) is 42.6 Å². The molecule has 2 aromatic rings. The molecule has 1 fully saturated rings. The van der Waals surface area contributed by atoms with E-state index in [0.717, 1.165) is 62.7 Å². The topological polar surface area (TPSA) is 28.6 Å². The van der Waals surface area contributed by atoms with Crippen LogP contribution in [0.25, 0.3) is 0 Å². The fraction of sp³-hybridized carbons (Fsp3) is 0.476. The van der Waals surface area contributed by atoms with E-state index in [1.54, 1.807) is 0 Å². The van der Waals surface area contributed by atoms with Crippen molar-refractivity contribution in [1.82, 2.24) is 9.88 Å². The summed E-state index contributed by atoms with van der Waals surface area (Å²) in [5, 5.41) is 0. The molecule has 0 saturated carbocycles. The third-order valence-corrected chi connectivity index (χ3v) is 4.72. The second kappa shape index (κ2) is 8.82. The van der Waals surface area contributed by atoms with Crippen molar-refractivity contribution in [3.05, 3.63) is 53.7 Å². The molecule has 152 valence electrons. The zero-order chi connectivity index (χ0) is 20.1. The van der Waals surface area contributed by atoms with Gasteiger partial charge in [-0.3, -0.25) is 4.90 Å². The van der Waals surface area contributed by atoms with Gasteiger partial charge in [0, 0.05) is 44.5 Å². The van der Waals surface area contributed by atoms with Crippen molar-refractivity contribution in [3.63, 3.8) is 0 Å². The van der Waals surface area contributed by atoms with Gasteiger partial charge in [0.05, 0.1) is 11.7 Å². The fourth-order valence-electron chi connectivity index (χ4n) is 3.34. The second-order valence-corrected chi connectivity index (χ2v) is 7.29.